The van der Waals surface area contributed by atoms with Crippen LogP contribution in [0.2, 0.25) is 0 Å². The number of methoxy groups -OCH3 is 1. The van der Waals surface area contributed by atoms with Crippen molar-refractivity contribution < 1.29 is 31.4 Å². The summed E-state index contributed by atoms with van der Waals surface area (Å²) in [4.78, 5) is 22.5. The van der Waals surface area contributed by atoms with Crippen molar-refractivity contribution in [2.24, 2.45) is 7.05 Å². The minimum Gasteiger partial charge on any atom is -0.480 e. The first kappa shape index (κ1) is 25.9. The molecular weight excluding hydrogens is 537 g/mol. The van der Waals surface area contributed by atoms with E-state index < -0.39 is 24.5 Å². The number of fused-ring (bicyclic) bond motifs is 1. The molecule has 1 saturated carbocycles. The Bertz CT molecular complexity index is 1570. The average Bonchev–Trinajstić information content (AvgIpc) is 3.68. The van der Waals surface area contributed by atoms with Crippen molar-refractivity contribution in [3.63, 3.8) is 0 Å². The zero-order valence-corrected chi connectivity index (χ0v) is 21.3. The summed E-state index contributed by atoms with van der Waals surface area (Å²) in [5.74, 6) is 0.823. The van der Waals surface area contributed by atoms with Crippen LogP contribution >= 0.6 is 0 Å². The van der Waals surface area contributed by atoms with Crippen molar-refractivity contribution in [3.05, 3.63) is 59.9 Å². The van der Waals surface area contributed by atoms with Crippen molar-refractivity contribution >= 4 is 5.82 Å². The molecular formula is C26H22F5N7O2. The third-order valence-electron chi connectivity index (χ3n) is 6.65. The van der Waals surface area contributed by atoms with Crippen molar-refractivity contribution in [3.8, 4) is 34.4 Å². The highest BCUT2D eigenvalue weighted by Crippen LogP contribution is 2.46. The third kappa shape index (κ3) is 4.89. The third-order valence-corrected chi connectivity index (χ3v) is 6.65. The molecule has 9 nitrogen and oxygen atoms in total. The topological polar surface area (TPSA) is 91.1 Å². The lowest BCUT2D eigenvalue weighted by molar-refractivity contribution is -0.172. The fourth-order valence-electron chi connectivity index (χ4n) is 4.67. The summed E-state index contributed by atoms with van der Waals surface area (Å²) >= 11 is 0. The SMILES string of the molecule is COc1ncnc(C2CC2)c1-c1ncc2c(n1)N(Cc1ccc(-c3nc(C(F)(F)F)cn3C)cc1)CC(F)(F)O2. The highest BCUT2D eigenvalue weighted by Gasteiger charge is 2.42. The number of ether oxygens (including phenoxy) is 2. The van der Waals surface area contributed by atoms with E-state index in [1.807, 2.05) is 0 Å². The van der Waals surface area contributed by atoms with E-state index in [1.165, 1.54) is 36.1 Å². The van der Waals surface area contributed by atoms with E-state index in [2.05, 4.69) is 24.9 Å². The Morgan fingerprint density at radius 3 is 2.48 bits per heavy atom. The molecule has 0 unspecified atom stereocenters. The van der Waals surface area contributed by atoms with Crippen LogP contribution in [0.1, 0.15) is 35.7 Å². The van der Waals surface area contributed by atoms with Gasteiger partial charge in [0.1, 0.15) is 24.3 Å². The van der Waals surface area contributed by atoms with Crippen molar-refractivity contribution in [2.75, 3.05) is 18.6 Å². The summed E-state index contributed by atoms with van der Waals surface area (Å²) in [5.41, 5.74) is 1.31. The molecule has 6 rings (SSSR count). The molecule has 1 aliphatic heterocycles. The number of alkyl halides is 5. The van der Waals surface area contributed by atoms with Crippen LogP contribution in [0, 0.1) is 0 Å². The standard InChI is InChI=1S/C26H22F5N7O2/c1-37-11-18(26(29,30)31)35-22(37)16-5-3-14(4-6-16)10-38-12-25(27,28)40-17-9-32-21(36-23(17)38)19-20(15-7-8-15)33-13-34-24(19)39-2/h3-6,9,11,13,15H,7-8,10,12H2,1-2H3. The van der Waals surface area contributed by atoms with Crippen LogP contribution in [0.3, 0.4) is 0 Å². The summed E-state index contributed by atoms with van der Waals surface area (Å²) in [6.07, 6.45) is -2.65. The first-order chi connectivity index (χ1) is 19.0. The van der Waals surface area contributed by atoms with Gasteiger partial charge in [-0.3, -0.25) is 0 Å². The van der Waals surface area contributed by atoms with Gasteiger partial charge in [-0.05, 0) is 18.4 Å². The van der Waals surface area contributed by atoms with Crippen LogP contribution < -0.4 is 14.4 Å². The first-order valence-electron chi connectivity index (χ1n) is 12.3. The molecule has 0 radical (unpaired) electrons. The second-order valence-corrected chi connectivity index (χ2v) is 9.65. The summed E-state index contributed by atoms with van der Waals surface area (Å²) in [5, 5.41) is 0. The molecule has 0 bridgehead atoms. The number of hydrogen-bond acceptors (Lipinski definition) is 8. The maximum absolute atomic E-state index is 14.5. The van der Waals surface area contributed by atoms with Gasteiger partial charge in [0.2, 0.25) is 5.88 Å². The molecule has 4 heterocycles. The second-order valence-electron chi connectivity index (χ2n) is 9.65. The zero-order chi connectivity index (χ0) is 28.2. The van der Waals surface area contributed by atoms with Crippen molar-refractivity contribution in [2.45, 2.75) is 37.6 Å². The molecule has 3 aromatic heterocycles. The van der Waals surface area contributed by atoms with E-state index in [9.17, 15) is 22.0 Å². The van der Waals surface area contributed by atoms with Crippen LogP contribution in [-0.2, 0) is 19.8 Å². The predicted octanol–water partition coefficient (Wildman–Crippen LogP) is 5.23. The van der Waals surface area contributed by atoms with Gasteiger partial charge in [0.25, 0.3) is 0 Å². The molecule has 1 aromatic carbocycles. The Hall–Kier alpha value is -4.36. The van der Waals surface area contributed by atoms with Crippen LogP contribution in [0.4, 0.5) is 27.8 Å². The molecule has 0 N–H and O–H groups in total. The maximum Gasteiger partial charge on any atom is 0.434 e. The van der Waals surface area contributed by atoms with Gasteiger partial charge in [-0.15, -0.1) is 0 Å². The van der Waals surface area contributed by atoms with Gasteiger partial charge >= 0.3 is 12.3 Å². The molecule has 2 aliphatic rings. The van der Waals surface area contributed by atoms with E-state index >= 15 is 0 Å². The Morgan fingerprint density at radius 1 is 1.07 bits per heavy atom. The lowest BCUT2D eigenvalue weighted by Crippen LogP contribution is -2.45. The molecule has 0 amide bonds. The van der Waals surface area contributed by atoms with Gasteiger partial charge in [0, 0.05) is 31.3 Å². The van der Waals surface area contributed by atoms with E-state index in [4.69, 9.17) is 9.47 Å². The van der Waals surface area contributed by atoms with E-state index in [1.54, 1.807) is 24.3 Å². The lowest BCUT2D eigenvalue weighted by atomic mass is 10.1. The number of nitrogens with zero attached hydrogens (tertiary/aromatic N) is 7. The highest BCUT2D eigenvalue weighted by atomic mass is 19.4. The Balaban J connectivity index is 1.32. The van der Waals surface area contributed by atoms with Crippen LogP contribution in [-0.4, -0.2) is 49.3 Å². The van der Waals surface area contributed by atoms with Crippen LogP contribution in [0.15, 0.2) is 43.0 Å². The molecule has 0 atom stereocenters. The van der Waals surface area contributed by atoms with Gasteiger partial charge in [-0.2, -0.15) is 22.0 Å². The van der Waals surface area contributed by atoms with Gasteiger partial charge in [0.05, 0.1) is 19.0 Å². The molecule has 14 heteroatoms. The van der Waals surface area contributed by atoms with Crippen LogP contribution in [0.5, 0.6) is 11.6 Å². The zero-order valence-electron chi connectivity index (χ0n) is 21.3. The van der Waals surface area contributed by atoms with Crippen molar-refractivity contribution in [1.29, 1.82) is 0 Å². The van der Waals surface area contributed by atoms with E-state index in [0.29, 0.717) is 16.7 Å². The molecule has 0 spiro atoms. The van der Waals surface area contributed by atoms with Gasteiger partial charge in [0.15, 0.2) is 23.1 Å². The van der Waals surface area contributed by atoms with Gasteiger partial charge < -0.3 is 18.9 Å². The van der Waals surface area contributed by atoms with Crippen molar-refractivity contribution in [1.82, 2.24) is 29.5 Å². The minimum atomic E-state index is -4.57. The number of halogens is 5. The lowest BCUT2D eigenvalue weighted by Gasteiger charge is -2.34. The average molecular weight is 559 g/mol. The maximum atomic E-state index is 14.5. The van der Waals surface area contributed by atoms with Crippen LogP contribution in [0.25, 0.3) is 22.8 Å². The second kappa shape index (κ2) is 9.38. The monoisotopic (exact) mass is 559 g/mol. The predicted molar refractivity (Wildman–Crippen MR) is 132 cm³/mol. The minimum absolute atomic E-state index is 0.0228. The van der Waals surface area contributed by atoms with E-state index in [0.717, 1.165) is 24.7 Å². The summed E-state index contributed by atoms with van der Waals surface area (Å²) < 4.78 is 79.9. The Labute approximate surface area is 224 Å². The largest absolute Gasteiger partial charge is 0.480 e. The number of aromatic nitrogens is 6. The summed E-state index contributed by atoms with van der Waals surface area (Å²) in [6.45, 7) is -0.751. The number of anilines is 1. The molecule has 4 aromatic rings. The Morgan fingerprint density at radius 2 is 1.82 bits per heavy atom. The molecule has 40 heavy (non-hydrogen) atoms. The smallest absolute Gasteiger partial charge is 0.434 e. The molecule has 1 fully saturated rings. The highest BCUT2D eigenvalue weighted by molar-refractivity contribution is 5.69. The number of rotatable bonds is 6. The summed E-state index contributed by atoms with van der Waals surface area (Å²) in [6, 6.07) is 6.48. The summed E-state index contributed by atoms with van der Waals surface area (Å²) in [7, 11) is 2.94. The van der Waals surface area contributed by atoms with Gasteiger partial charge in [-0.1, -0.05) is 24.3 Å². The van der Waals surface area contributed by atoms with E-state index in [-0.39, 0.29) is 41.6 Å². The number of benzene rings is 1. The fourth-order valence-corrected chi connectivity index (χ4v) is 4.67. The van der Waals surface area contributed by atoms with Gasteiger partial charge in [-0.25, -0.2) is 24.9 Å². The first-order valence-corrected chi connectivity index (χ1v) is 12.3. The molecule has 208 valence electrons. The number of imidazole rings is 1. The Kier molecular flexibility index (Phi) is 6.07. The normalized spacial score (nSPS) is 16.4. The number of hydrogen-bond donors (Lipinski definition) is 0. The molecule has 1 aliphatic carbocycles. The fraction of sp³-hybridized carbons (Fsp3) is 0.346. The molecule has 0 saturated heterocycles. The quantitative estimate of drug-likeness (QED) is 0.297. The number of aryl methyl sites for hydroxylation is 1.